The summed E-state index contributed by atoms with van der Waals surface area (Å²) in [6, 6.07) is 0. The monoisotopic (exact) mass is 241 g/mol. The van der Waals surface area contributed by atoms with Crippen molar-refractivity contribution < 1.29 is 4.79 Å². The van der Waals surface area contributed by atoms with Crippen molar-refractivity contribution in [3.05, 3.63) is 16.1 Å². The second-order valence-electron chi connectivity index (χ2n) is 4.07. The SMILES string of the molecule is Cc1csc(CC(=O)NCCCN(C)C)n1. The number of nitrogens with one attached hydrogen (secondary N) is 1. The molecule has 0 atom stereocenters. The van der Waals surface area contributed by atoms with Gasteiger partial charge in [-0.2, -0.15) is 0 Å². The second kappa shape index (κ2) is 6.60. The van der Waals surface area contributed by atoms with E-state index in [1.807, 2.05) is 26.4 Å². The van der Waals surface area contributed by atoms with E-state index in [0.717, 1.165) is 30.2 Å². The lowest BCUT2D eigenvalue weighted by Crippen LogP contribution is -2.28. The fourth-order valence-electron chi connectivity index (χ4n) is 1.31. The molecule has 5 heteroatoms. The standard InChI is InChI=1S/C11H19N3OS/c1-9-8-16-11(13-9)7-10(15)12-5-4-6-14(2)3/h8H,4-7H2,1-3H3,(H,12,15). The molecule has 0 bridgehead atoms. The van der Waals surface area contributed by atoms with Crippen LogP contribution in [-0.4, -0.2) is 43.0 Å². The molecule has 1 N–H and O–H groups in total. The van der Waals surface area contributed by atoms with Crippen molar-refractivity contribution in [1.82, 2.24) is 15.2 Å². The van der Waals surface area contributed by atoms with E-state index in [1.165, 1.54) is 0 Å². The van der Waals surface area contributed by atoms with Gasteiger partial charge in [0.2, 0.25) is 5.91 Å². The zero-order valence-corrected chi connectivity index (χ0v) is 10.9. The summed E-state index contributed by atoms with van der Waals surface area (Å²) in [6.07, 6.45) is 1.39. The van der Waals surface area contributed by atoms with Crippen molar-refractivity contribution in [1.29, 1.82) is 0 Å². The summed E-state index contributed by atoms with van der Waals surface area (Å²) in [6.45, 7) is 3.67. The maximum absolute atomic E-state index is 11.5. The van der Waals surface area contributed by atoms with E-state index in [9.17, 15) is 4.79 Å². The Kier molecular flexibility index (Phi) is 5.42. The Hall–Kier alpha value is -0.940. The highest BCUT2D eigenvalue weighted by molar-refractivity contribution is 7.09. The van der Waals surface area contributed by atoms with E-state index < -0.39 is 0 Å². The first-order valence-corrected chi connectivity index (χ1v) is 6.28. The molecule has 0 saturated heterocycles. The Bertz CT molecular complexity index is 336. The van der Waals surface area contributed by atoms with Crippen LogP contribution in [0.25, 0.3) is 0 Å². The van der Waals surface area contributed by atoms with Gasteiger partial charge >= 0.3 is 0 Å². The molecule has 1 aromatic heterocycles. The molecule has 0 radical (unpaired) electrons. The highest BCUT2D eigenvalue weighted by atomic mass is 32.1. The van der Waals surface area contributed by atoms with Crippen LogP contribution in [0.15, 0.2) is 5.38 Å². The minimum Gasteiger partial charge on any atom is -0.356 e. The number of aromatic nitrogens is 1. The molecule has 4 nitrogen and oxygen atoms in total. The van der Waals surface area contributed by atoms with E-state index in [2.05, 4.69) is 15.2 Å². The molecule has 0 aliphatic heterocycles. The summed E-state index contributed by atoms with van der Waals surface area (Å²) in [5.41, 5.74) is 0.986. The lowest BCUT2D eigenvalue weighted by molar-refractivity contribution is -0.120. The third kappa shape index (κ3) is 5.23. The van der Waals surface area contributed by atoms with Crippen LogP contribution in [0.2, 0.25) is 0 Å². The molecule has 1 aromatic rings. The summed E-state index contributed by atoms with van der Waals surface area (Å²) in [4.78, 5) is 17.9. The number of thiazole rings is 1. The average Bonchev–Trinajstić information content (AvgIpc) is 2.58. The second-order valence-corrected chi connectivity index (χ2v) is 5.01. The largest absolute Gasteiger partial charge is 0.356 e. The third-order valence-electron chi connectivity index (χ3n) is 2.08. The number of rotatable bonds is 6. The lowest BCUT2D eigenvalue weighted by atomic mass is 10.3. The molecule has 0 unspecified atom stereocenters. The van der Waals surface area contributed by atoms with E-state index >= 15 is 0 Å². The fourth-order valence-corrected chi connectivity index (χ4v) is 2.08. The minimum atomic E-state index is 0.0631. The van der Waals surface area contributed by atoms with Crippen molar-refractivity contribution in [2.24, 2.45) is 0 Å². The molecular formula is C11H19N3OS. The molecule has 1 amide bonds. The topological polar surface area (TPSA) is 45.2 Å². The van der Waals surface area contributed by atoms with Gasteiger partial charge < -0.3 is 10.2 Å². The summed E-state index contributed by atoms with van der Waals surface area (Å²) in [7, 11) is 4.06. The lowest BCUT2D eigenvalue weighted by Gasteiger charge is -2.09. The van der Waals surface area contributed by atoms with Crippen LogP contribution in [0.1, 0.15) is 17.1 Å². The molecule has 1 rings (SSSR count). The van der Waals surface area contributed by atoms with Crippen molar-refractivity contribution in [2.75, 3.05) is 27.2 Å². The van der Waals surface area contributed by atoms with Gasteiger partial charge in [0.15, 0.2) is 0 Å². The van der Waals surface area contributed by atoms with Crippen LogP contribution in [0.4, 0.5) is 0 Å². The first-order chi connectivity index (χ1) is 7.58. The Labute approximate surface area is 101 Å². The van der Waals surface area contributed by atoms with Crippen LogP contribution in [0.5, 0.6) is 0 Å². The Morgan fingerprint density at radius 3 is 2.88 bits per heavy atom. The maximum Gasteiger partial charge on any atom is 0.226 e. The number of amides is 1. The predicted molar refractivity (Wildman–Crippen MR) is 66.7 cm³/mol. The molecule has 0 aromatic carbocycles. The minimum absolute atomic E-state index is 0.0631. The summed E-state index contributed by atoms with van der Waals surface area (Å²) >= 11 is 1.54. The fraction of sp³-hybridized carbons (Fsp3) is 0.636. The summed E-state index contributed by atoms with van der Waals surface area (Å²) < 4.78 is 0. The Morgan fingerprint density at radius 1 is 1.56 bits per heavy atom. The van der Waals surface area contributed by atoms with Gasteiger partial charge in [0.25, 0.3) is 0 Å². The molecule has 0 fully saturated rings. The molecule has 90 valence electrons. The van der Waals surface area contributed by atoms with E-state index in [0.29, 0.717) is 6.42 Å². The van der Waals surface area contributed by atoms with Crippen molar-refractivity contribution in [3.63, 3.8) is 0 Å². The van der Waals surface area contributed by atoms with Gasteiger partial charge in [-0.1, -0.05) is 0 Å². The van der Waals surface area contributed by atoms with E-state index in [4.69, 9.17) is 0 Å². The van der Waals surface area contributed by atoms with Gasteiger partial charge in [0, 0.05) is 17.6 Å². The molecule has 0 aliphatic rings. The zero-order chi connectivity index (χ0) is 12.0. The highest BCUT2D eigenvalue weighted by Gasteiger charge is 2.05. The smallest absolute Gasteiger partial charge is 0.226 e. The van der Waals surface area contributed by atoms with Crippen molar-refractivity contribution >= 4 is 17.2 Å². The predicted octanol–water partition coefficient (Wildman–Crippen LogP) is 1.06. The first kappa shape index (κ1) is 13.1. The number of hydrogen-bond acceptors (Lipinski definition) is 4. The molecular weight excluding hydrogens is 222 g/mol. The molecule has 16 heavy (non-hydrogen) atoms. The van der Waals surface area contributed by atoms with Gasteiger partial charge in [-0.3, -0.25) is 4.79 Å². The third-order valence-corrected chi connectivity index (χ3v) is 3.05. The van der Waals surface area contributed by atoms with Crippen LogP contribution in [-0.2, 0) is 11.2 Å². The van der Waals surface area contributed by atoms with Gasteiger partial charge in [-0.15, -0.1) is 11.3 Å². The molecule has 1 heterocycles. The molecule has 0 saturated carbocycles. The highest BCUT2D eigenvalue weighted by Crippen LogP contribution is 2.08. The Balaban J connectivity index is 2.16. The van der Waals surface area contributed by atoms with Crippen LogP contribution < -0.4 is 5.32 Å². The van der Waals surface area contributed by atoms with Gasteiger partial charge in [0.05, 0.1) is 6.42 Å². The zero-order valence-electron chi connectivity index (χ0n) is 10.1. The first-order valence-electron chi connectivity index (χ1n) is 5.40. The summed E-state index contributed by atoms with van der Waals surface area (Å²) in [5, 5.41) is 5.76. The van der Waals surface area contributed by atoms with E-state index in [1.54, 1.807) is 11.3 Å². The number of carbonyl (C=O) groups excluding carboxylic acids is 1. The summed E-state index contributed by atoms with van der Waals surface area (Å²) in [5.74, 6) is 0.0631. The quantitative estimate of drug-likeness (QED) is 0.758. The maximum atomic E-state index is 11.5. The van der Waals surface area contributed by atoms with Crippen LogP contribution >= 0.6 is 11.3 Å². The van der Waals surface area contributed by atoms with Crippen molar-refractivity contribution in [2.45, 2.75) is 19.8 Å². The number of carbonyl (C=O) groups is 1. The van der Waals surface area contributed by atoms with Crippen molar-refractivity contribution in [3.8, 4) is 0 Å². The van der Waals surface area contributed by atoms with Gasteiger partial charge in [-0.05, 0) is 34.0 Å². The van der Waals surface area contributed by atoms with Crippen LogP contribution in [0.3, 0.4) is 0 Å². The molecule has 0 spiro atoms. The molecule has 0 aliphatic carbocycles. The number of nitrogens with zero attached hydrogens (tertiary/aromatic N) is 2. The van der Waals surface area contributed by atoms with Crippen LogP contribution in [0, 0.1) is 6.92 Å². The Morgan fingerprint density at radius 2 is 2.31 bits per heavy atom. The van der Waals surface area contributed by atoms with E-state index in [-0.39, 0.29) is 5.91 Å². The normalized spacial score (nSPS) is 10.8. The van der Waals surface area contributed by atoms with Gasteiger partial charge in [0.1, 0.15) is 5.01 Å². The number of hydrogen-bond donors (Lipinski definition) is 1. The average molecular weight is 241 g/mol. The number of aryl methyl sites for hydroxylation is 1. The van der Waals surface area contributed by atoms with Gasteiger partial charge in [-0.25, -0.2) is 4.98 Å².